The number of nitrogens with one attached hydrogen (secondary N) is 2. The van der Waals surface area contributed by atoms with Crippen molar-refractivity contribution in [1.29, 1.82) is 0 Å². The van der Waals surface area contributed by atoms with Gasteiger partial charge in [0.1, 0.15) is 0 Å². The van der Waals surface area contributed by atoms with Crippen molar-refractivity contribution in [1.82, 2.24) is 15.5 Å². The van der Waals surface area contributed by atoms with E-state index in [-0.39, 0.29) is 5.60 Å². The molecule has 2 N–H and O–H groups in total. The van der Waals surface area contributed by atoms with Crippen LogP contribution in [0.4, 0.5) is 0 Å². The van der Waals surface area contributed by atoms with Crippen LogP contribution < -0.4 is 10.6 Å². The molecule has 1 unspecified atom stereocenters. The Morgan fingerprint density at radius 1 is 1.27 bits per heavy atom. The fourth-order valence-corrected chi connectivity index (χ4v) is 3.13. The first-order chi connectivity index (χ1) is 12.5. The molecule has 0 amide bonds. The van der Waals surface area contributed by atoms with Crippen LogP contribution in [0, 0.1) is 5.92 Å². The molecule has 0 radical (unpaired) electrons. The van der Waals surface area contributed by atoms with Gasteiger partial charge in [0.25, 0.3) is 0 Å². The van der Waals surface area contributed by atoms with Crippen molar-refractivity contribution < 1.29 is 4.74 Å². The van der Waals surface area contributed by atoms with Gasteiger partial charge in [-0.2, -0.15) is 0 Å². The van der Waals surface area contributed by atoms with Gasteiger partial charge in [0.2, 0.25) is 0 Å². The van der Waals surface area contributed by atoms with E-state index in [0.29, 0.717) is 12.5 Å². The van der Waals surface area contributed by atoms with Gasteiger partial charge in [0.05, 0.1) is 12.1 Å². The number of likely N-dealkylation sites (tertiary alicyclic amines) is 1. The van der Waals surface area contributed by atoms with Crippen LogP contribution in [-0.2, 0) is 11.2 Å². The zero-order chi connectivity index (χ0) is 18.8. The summed E-state index contributed by atoms with van der Waals surface area (Å²) in [5.41, 5.74) is 1.20. The molecule has 5 heteroatoms. The topological polar surface area (TPSA) is 48.9 Å². The summed E-state index contributed by atoms with van der Waals surface area (Å²) in [6.45, 7) is 12.2. The molecular weight excluding hydrogens is 324 g/mol. The van der Waals surface area contributed by atoms with Crippen LogP contribution in [-0.4, -0.2) is 62.8 Å². The summed E-state index contributed by atoms with van der Waals surface area (Å²) in [5, 5.41) is 6.84. The molecular formula is C21H36N4O. The molecule has 1 aromatic rings. The largest absolute Gasteiger partial charge is 0.377 e. The molecule has 1 aliphatic heterocycles. The van der Waals surface area contributed by atoms with Crippen LogP contribution in [0.5, 0.6) is 0 Å². The maximum absolute atomic E-state index is 5.45. The van der Waals surface area contributed by atoms with E-state index in [2.05, 4.69) is 71.6 Å². The lowest BCUT2D eigenvalue weighted by molar-refractivity contribution is 0.0310. The number of hydrogen-bond acceptors (Lipinski definition) is 3. The molecule has 0 aromatic heterocycles. The summed E-state index contributed by atoms with van der Waals surface area (Å²) < 4.78 is 5.45. The fraction of sp³-hybridized carbons (Fsp3) is 0.667. The maximum atomic E-state index is 5.45. The van der Waals surface area contributed by atoms with Crippen LogP contribution in [0.15, 0.2) is 35.3 Å². The first-order valence-electron chi connectivity index (χ1n) is 9.86. The van der Waals surface area contributed by atoms with E-state index in [0.717, 1.165) is 32.0 Å². The molecule has 26 heavy (non-hydrogen) atoms. The Bertz CT molecular complexity index is 544. The average molecular weight is 361 g/mol. The number of ether oxygens (including phenoxy) is 1. The summed E-state index contributed by atoms with van der Waals surface area (Å²) in [6.07, 6.45) is 2.39. The second-order valence-corrected chi connectivity index (χ2v) is 7.73. The van der Waals surface area contributed by atoms with Gasteiger partial charge >= 0.3 is 0 Å². The summed E-state index contributed by atoms with van der Waals surface area (Å²) in [7, 11) is 1.73. The second-order valence-electron chi connectivity index (χ2n) is 7.73. The molecule has 2 rings (SSSR count). The zero-order valence-corrected chi connectivity index (χ0v) is 16.9. The molecule has 0 spiro atoms. The molecule has 0 aliphatic carbocycles. The first-order valence-corrected chi connectivity index (χ1v) is 9.86. The molecule has 1 fully saturated rings. The third-order valence-corrected chi connectivity index (χ3v) is 5.00. The highest BCUT2D eigenvalue weighted by Crippen LogP contribution is 2.16. The van der Waals surface area contributed by atoms with Crippen LogP contribution in [0.25, 0.3) is 0 Å². The lowest BCUT2D eigenvalue weighted by Gasteiger charge is -2.22. The minimum Gasteiger partial charge on any atom is -0.377 e. The number of methoxy groups -OCH3 is 1. The number of rotatable bonds is 9. The van der Waals surface area contributed by atoms with Crippen molar-refractivity contribution in [3.05, 3.63) is 35.9 Å². The summed E-state index contributed by atoms with van der Waals surface area (Å²) in [6, 6.07) is 10.8. The lowest BCUT2D eigenvalue weighted by Crippen LogP contribution is -2.41. The highest BCUT2D eigenvalue weighted by Gasteiger charge is 2.22. The van der Waals surface area contributed by atoms with Crippen molar-refractivity contribution >= 4 is 5.96 Å². The molecule has 1 atom stereocenters. The quantitative estimate of drug-likeness (QED) is 0.525. The van der Waals surface area contributed by atoms with Crippen LogP contribution in [0.2, 0.25) is 0 Å². The van der Waals surface area contributed by atoms with Gasteiger partial charge in [-0.1, -0.05) is 30.3 Å². The van der Waals surface area contributed by atoms with E-state index in [4.69, 9.17) is 4.74 Å². The number of benzene rings is 1. The SMILES string of the molecule is CCNC(=NCC(C)(C)OC)NCC1CCN(CCc2ccccc2)C1. The van der Waals surface area contributed by atoms with Crippen molar-refractivity contribution in [2.75, 3.05) is 46.4 Å². The van der Waals surface area contributed by atoms with Gasteiger partial charge in [-0.3, -0.25) is 4.99 Å². The van der Waals surface area contributed by atoms with E-state index < -0.39 is 0 Å². The van der Waals surface area contributed by atoms with Crippen molar-refractivity contribution in [2.24, 2.45) is 10.9 Å². The number of nitrogens with zero attached hydrogens (tertiary/aromatic N) is 2. The van der Waals surface area contributed by atoms with E-state index >= 15 is 0 Å². The molecule has 146 valence electrons. The maximum Gasteiger partial charge on any atom is 0.191 e. The monoisotopic (exact) mass is 360 g/mol. The predicted octanol–water partition coefficient (Wildman–Crippen LogP) is 2.53. The molecule has 5 nitrogen and oxygen atoms in total. The Balaban J connectivity index is 1.73. The van der Waals surface area contributed by atoms with Crippen LogP contribution >= 0.6 is 0 Å². The number of hydrogen-bond donors (Lipinski definition) is 2. The highest BCUT2D eigenvalue weighted by molar-refractivity contribution is 5.79. The minimum absolute atomic E-state index is 0.232. The fourth-order valence-electron chi connectivity index (χ4n) is 3.13. The van der Waals surface area contributed by atoms with E-state index in [1.807, 2.05) is 0 Å². The van der Waals surface area contributed by atoms with Gasteiger partial charge in [-0.05, 0) is 51.6 Å². The van der Waals surface area contributed by atoms with E-state index in [9.17, 15) is 0 Å². The Kier molecular flexibility index (Phi) is 8.39. The zero-order valence-electron chi connectivity index (χ0n) is 16.9. The molecule has 1 saturated heterocycles. The summed E-state index contributed by atoms with van der Waals surface area (Å²) in [5.74, 6) is 1.57. The molecule has 0 bridgehead atoms. The highest BCUT2D eigenvalue weighted by atomic mass is 16.5. The normalized spacial score (nSPS) is 18.9. The number of guanidine groups is 1. The Morgan fingerprint density at radius 3 is 2.73 bits per heavy atom. The van der Waals surface area contributed by atoms with Gasteiger partial charge in [0, 0.05) is 33.3 Å². The minimum atomic E-state index is -0.232. The van der Waals surface area contributed by atoms with Gasteiger partial charge in [-0.15, -0.1) is 0 Å². The van der Waals surface area contributed by atoms with E-state index in [1.165, 1.54) is 25.1 Å². The van der Waals surface area contributed by atoms with E-state index in [1.54, 1.807) is 7.11 Å². The Labute approximate surface area is 159 Å². The molecule has 1 aromatic carbocycles. The molecule has 1 heterocycles. The Morgan fingerprint density at radius 2 is 2.04 bits per heavy atom. The second kappa shape index (κ2) is 10.5. The third-order valence-electron chi connectivity index (χ3n) is 5.00. The van der Waals surface area contributed by atoms with Crippen molar-refractivity contribution in [3.63, 3.8) is 0 Å². The standard InChI is InChI=1S/C21H36N4O/c1-5-22-20(24-17-21(2,3)26-4)23-15-19-12-14-25(16-19)13-11-18-9-7-6-8-10-18/h6-10,19H,5,11-17H2,1-4H3,(H2,22,23,24). The van der Waals surface area contributed by atoms with Crippen LogP contribution in [0.1, 0.15) is 32.8 Å². The van der Waals surface area contributed by atoms with Gasteiger partial charge < -0.3 is 20.3 Å². The lowest BCUT2D eigenvalue weighted by atomic mass is 10.1. The van der Waals surface area contributed by atoms with Crippen molar-refractivity contribution in [2.45, 2.75) is 39.2 Å². The Hall–Kier alpha value is -1.59. The van der Waals surface area contributed by atoms with Crippen LogP contribution in [0.3, 0.4) is 0 Å². The summed E-state index contributed by atoms with van der Waals surface area (Å²) in [4.78, 5) is 7.25. The van der Waals surface area contributed by atoms with Gasteiger partial charge in [-0.25, -0.2) is 0 Å². The first kappa shape index (κ1) is 20.7. The smallest absolute Gasteiger partial charge is 0.191 e. The molecule has 0 saturated carbocycles. The summed E-state index contributed by atoms with van der Waals surface area (Å²) >= 11 is 0. The van der Waals surface area contributed by atoms with Gasteiger partial charge in [0.15, 0.2) is 5.96 Å². The molecule has 1 aliphatic rings. The van der Waals surface area contributed by atoms with Crippen molar-refractivity contribution in [3.8, 4) is 0 Å². The third kappa shape index (κ3) is 7.34. The number of aliphatic imine (C=N–C) groups is 1. The average Bonchev–Trinajstić information content (AvgIpc) is 3.11. The predicted molar refractivity (Wildman–Crippen MR) is 110 cm³/mol.